The molecular formula is C18H20O3. The molecule has 2 aromatic rings. The van der Waals surface area contributed by atoms with E-state index in [9.17, 15) is 9.90 Å². The Hall–Kier alpha value is -2.29. The maximum Gasteiger partial charge on any atom is 0.311 e. The second-order valence-corrected chi connectivity index (χ2v) is 5.20. The summed E-state index contributed by atoms with van der Waals surface area (Å²) in [5.41, 5.74) is 3.03. The Morgan fingerprint density at radius 2 is 1.76 bits per heavy atom. The van der Waals surface area contributed by atoms with Crippen LogP contribution in [0.15, 0.2) is 48.5 Å². The summed E-state index contributed by atoms with van der Waals surface area (Å²) in [6, 6.07) is 15.4. The van der Waals surface area contributed by atoms with Gasteiger partial charge in [-0.25, -0.2) is 0 Å². The number of aliphatic carboxylic acids is 1. The van der Waals surface area contributed by atoms with Crippen molar-refractivity contribution >= 4 is 5.97 Å². The van der Waals surface area contributed by atoms with Gasteiger partial charge in [0.1, 0.15) is 5.75 Å². The first kappa shape index (κ1) is 15.1. The number of hydrogen-bond donors (Lipinski definition) is 1. The van der Waals surface area contributed by atoms with E-state index in [4.69, 9.17) is 4.74 Å². The SMILES string of the molecule is Cc1ccc(OCCC(C(=O)O)c2ccccc2C)cc1. The molecule has 0 aliphatic rings. The maximum atomic E-state index is 11.5. The summed E-state index contributed by atoms with van der Waals surface area (Å²) in [5.74, 6) is -0.567. The van der Waals surface area contributed by atoms with Gasteiger partial charge >= 0.3 is 5.97 Å². The number of hydrogen-bond acceptors (Lipinski definition) is 2. The molecule has 110 valence electrons. The number of rotatable bonds is 6. The van der Waals surface area contributed by atoms with Gasteiger partial charge in [0, 0.05) is 0 Å². The average Bonchev–Trinajstić information content (AvgIpc) is 2.46. The lowest BCUT2D eigenvalue weighted by atomic mass is 9.92. The van der Waals surface area contributed by atoms with Gasteiger partial charge in [0.2, 0.25) is 0 Å². The Bertz CT molecular complexity index is 602. The van der Waals surface area contributed by atoms with Crippen LogP contribution in [-0.4, -0.2) is 17.7 Å². The minimum atomic E-state index is -0.809. The summed E-state index contributed by atoms with van der Waals surface area (Å²) in [7, 11) is 0. The summed E-state index contributed by atoms with van der Waals surface area (Å²) < 4.78 is 5.64. The molecule has 0 radical (unpaired) electrons. The first-order valence-electron chi connectivity index (χ1n) is 7.05. The van der Waals surface area contributed by atoms with Crippen molar-refractivity contribution in [1.82, 2.24) is 0 Å². The molecule has 3 nitrogen and oxygen atoms in total. The monoisotopic (exact) mass is 284 g/mol. The summed E-state index contributed by atoms with van der Waals surface area (Å²) >= 11 is 0. The van der Waals surface area contributed by atoms with Gasteiger partial charge in [-0.3, -0.25) is 4.79 Å². The largest absolute Gasteiger partial charge is 0.494 e. The molecule has 21 heavy (non-hydrogen) atoms. The standard InChI is InChI=1S/C18H20O3/c1-13-7-9-15(10-8-13)21-12-11-17(18(19)20)16-6-4-3-5-14(16)2/h3-10,17H,11-12H2,1-2H3,(H,19,20). The molecule has 0 bridgehead atoms. The van der Waals surface area contributed by atoms with E-state index in [2.05, 4.69) is 0 Å². The van der Waals surface area contributed by atoms with Crippen LogP contribution in [0, 0.1) is 13.8 Å². The molecule has 1 unspecified atom stereocenters. The predicted octanol–water partition coefficient (Wildman–Crippen LogP) is 3.94. The highest BCUT2D eigenvalue weighted by molar-refractivity contribution is 5.76. The number of carbonyl (C=O) groups is 1. The van der Waals surface area contributed by atoms with Crippen molar-refractivity contribution in [3.05, 3.63) is 65.2 Å². The molecule has 1 atom stereocenters. The van der Waals surface area contributed by atoms with Crippen LogP contribution in [-0.2, 0) is 4.79 Å². The second-order valence-electron chi connectivity index (χ2n) is 5.20. The first-order chi connectivity index (χ1) is 10.1. The molecule has 2 rings (SSSR count). The van der Waals surface area contributed by atoms with Crippen molar-refractivity contribution in [2.75, 3.05) is 6.61 Å². The second kappa shape index (κ2) is 6.93. The van der Waals surface area contributed by atoms with Crippen molar-refractivity contribution in [3.63, 3.8) is 0 Å². The fourth-order valence-corrected chi connectivity index (χ4v) is 2.32. The third kappa shape index (κ3) is 4.09. The molecule has 0 heterocycles. The summed E-state index contributed by atoms with van der Waals surface area (Å²) in [4.78, 5) is 11.5. The van der Waals surface area contributed by atoms with Crippen LogP contribution < -0.4 is 4.74 Å². The molecule has 0 aromatic heterocycles. The van der Waals surface area contributed by atoms with Crippen LogP contribution in [0.1, 0.15) is 29.0 Å². The fraction of sp³-hybridized carbons (Fsp3) is 0.278. The number of carboxylic acids is 1. The molecule has 0 aliphatic carbocycles. The van der Waals surface area contributed by atoms with Gasteiger partial charge < -0.3 is 9.84 Å². The number of benzene rings is 2. The normalized spacial score (nSPS) is 11.9. The molecule has 0 saturated heterocycles. The van der Waals surface area contributed by atoms with E-state index >= 15 is 0 Å². The minimum absolute atomic E-state index is 0.383. The van der Waals surface area contributed by atoms with E-state index in [1.807, 2.05) is 62.4 Å². The minimum Gasteiger partial charge on any atom is -0.494 e. The lowest BCUT2D eigenvalue weighted by molar-refractivity contribution is -0.139. The van der Waals surface area contributed by atoms with Crippen LogP contribution in [0.2, 0.25) is 0 Å². The van der Waals surface area contributed by atoms with E-state index < -0.39 is 11.9 Å². The summed E-state index contributed by atoms with van der Waals surface area (Å²) in [6.07, 6.45) is 0.452. The Labute approximate surface area is 125 Å². The lowest BCUT2D eigenvalue weighted by Gasteiger charge is -2.15. The van der Waals surface area contributed by atoms with Crippen LogP contribution in [0.25, 0.3) is 0 Å². The topological polar surface area (TPSA) is 46.5 Å². The lowest BCUT2D eigenvalue weighted by Crippen LogP contribution is -2.16. The van der Waals surface area contributed by atoms with Gasteiger partial charge in [-0.15, -0.1) is 0 Å². The van der Waals surface area contributed by atoms with Crippen LogP contribution in [0.4, 0.5) is 0 Å². The number of ether oxygens (including phenoxy) is 1. The molecule has 3 heteroatoms. The van der Waals surface area contributed by atoms with E-state index in [0.717, 1.165) is 16.9 Å². The highest BCUT2D eigenvalue weighted by Gasteiger charge is 2.21. The average molecular weight is 284 g/mol. The third-order valence-electron chi connectivity index (χ3n) is 3.56. The molecule has 0 aliphatic heterocycles. The molecule has 2 aromatic carbocycles. The van der Waals surface area contributed by atoms with Gasteiger partial charge in [0.05, 0.1) is 12.5 Å². The van der Waals surface area contributed by atoms with Gasteiger partial charge in [0.15, 0.2) is 0 Å². The first-order valence-corrected chi connectivity index (χ1v) is 7.05. The summed E-state index contributed by atoms with van der Waals surface area (Å²) in [5, 5.41) is 9.43. The molecule has 0 amide bonds. The van der Waals surface area contributed by atoms with Crippen LogP contribution >= 0.6 is 0 Å². The van der Waals surface area contributed by atoms with E-state index in [1.54, 1.807) is 0 Å². The van der Waals surface area contributed by atoms with Crippen LogP contribution in [0.5, 0.6) is 5.75 Å². The molecular weight excluding hydrogens is 264 g/mol. The van der Waals surface area contributed by atoms with Gasteiger partial charge in [0.25, 0.3) is 0 Å². The number of carboxylic acid groups (broad SMARTS) is 1. The van der Waals surface area contributed by atoms with Crippen molar-refractivity contribution in [2.24, 2.45) is 0 Å². The Kier molecular flexibility index (Phi) is 4.99. The highest BCUT2D eigenvalue weighted by Crippen LogP contribution is 2.24. The van der Waals surface area contributed by atoms with Gasteiger partial charge in [-0.2, -0.15) is 0 Å². The van der Waals surface area contributed by atoms with E-state index in [-0.39, 0.29) is 0 Å². The zero-order chi connectivity index (χ0) is 15.2. The molecule has 0 saturated carbocycles. The summed E-state index contributed by atoms with van der Waals surface area (Å²) in [6.45, 7) is 4.34. The zero-order valence-electron chi connectivity index (χ0n) is 12.4. The zero-order valence-corrected chi connectivity index (χ0v) is 12.4. The van der Waals surface area contributed by atoms with Crippen molar-refractivity contribution in [2.45, 2.75) is 26.2 Å². The van der Waals surface area contributed by atoms with Crippen LogP contribution in [0.3, 0.4) is 0 Å². The molecule has 0 spiro atoms. The maximum absolute atomic E-state index is 11.5. The third-order valence-corrected chi connectivity index (χ3v) is 3.56. The quantitative estimate of drug-likeness (QED) is 0.874. The number of aryl methyl sites for hydroxylation is 2. The Morgan fingerprint density at radius 1 is 1.10 bits per heavy atom. The van der Waals surface area contributed by atoms with Crippen molar-refractivity contribution < 1.29 is 14.6 Å². The van der Waals surface area contributed by atoms with Crippen molar-refractivity contribution in [3.8, 4) is 5.75 Å². The van der Waals surface area contributed by atoms with Gasteiger partial charge in [-0.05, 0) is 43.5 Å². The fourth-order valence-electron chi connectivity index (χ4n) is 2.32. The Morgan fingerprint density at radius 3 is 2.38 bits per heavy atom. The molecule has 1 N–H and O–H groups in total. The smallest absolute Gasteiger partial charge is 0.311 e. The highest BCUT2D eigenvalue weighted by atomic mass is 16.5. The molecule has 0 fully saturated rings. The predicted molar refractivity (Wildman–Crippen MR) is 82.8 cm³/mol. The van der Waals surface area contributed by atoms with E-state index in [0.29, 0.717) is 13.0 Å². The van der Waals surface area contributed by atoms with Gasteiger partial charge in [-0.1, -0.05) is 42.0 Å². The van der Waals surface area contributed by atoms with Crippen molar-refractivity contribution in [1.29, 1.82) is 0 Å². The van der Waals surface area contributed by atoms with E-state index in [1.165, 1.54) is 5.56 Å². The Balaban J connectivity index is 2.00.